The van der Waals surface area contributed by atoms with Gasteiger partial charge in [-0.1, -0.05) is 26.2 Å². The summed E-state index contributed by atoms with van der Waals surface area (Å²) >= 11 is 1.26. The van der Waals surface area contributed by atoms with E-state index in [-0.39, 0.29) is 36.7 Å². The monoisotopic (exact) mass is 474 g/mol. The minimum atomic E-state index is -0.341. The zero-order valence-corrected chi connectivity index (χ0v) is 20.7. The predicted octanol–water partition coefficient (Wildman–Crippen LogP) is 3.88. The van der Waals surface area contributed by atoms with Gasteiger partial charge >= 0.3 is 0 Å². The number of ether oxygens (including phenoxy) is 1. The van der Waals surface area contributed by atoms with E-state index < -0.39 is 0 Å². The van der Waals surface area contributed by atoms with Crippen LogP contribution >= 0.6 is 11.3 Å². The molecule has 9 heteroatoms. The van der Waals surface area contributed by atoms with Gasteiger partial charge in [-0.25, -0.2) is 4.98 Å². The molecule has 3 amide bonds. The third-order valence-electron chi connectivity index (χ3n) is 5.03. The molecule has 0 aliphatic carbocycles. The van der Waals surface area contributed by atoms with Crippen LogP contribution in [0, 0.1) is 0 Å². The summed E-state index contributed by atoms with van der Waals surface area (Å²) in [6.45, 7) is 6.43. The quantitative estimate of drug-likeness (QED) is 0.429. The third-order valence-corrected chi connectivity index (χ3v) is 5.83. The van der Waals surface area contributed by atoms with Crippen LogP contribution in [0.3, 0.4) is 0 Å². The topological polar surface area (TPSA) is 101 Å². The molecular weight excluding hydrogens is 440 g/mol. The number of hydrogen-bond acceptors (Lipinski definition) is 6. The molecule has 0 saturated carbocycles. The first-order valence-electron chi connectivity index (χ1n) is 11.3. The highest BCUT2D eigenvalue weighted by atomic mass is 32.1. The van der Waals surface area contributed by atoms with Crippen molar-refractivity contribution in [2.45, 2.75) is 58.9 Å². The zero-order chi connectivity index (χ0) is 24.2. The van der Waals surface area contributed by atoms with Crippen LogP contribution < -0.4 is 15.4 Å². The van der Waals surface area contributed by atoms with Crippen LogP contribution in [-0.2, 0) is 16.0 Å². The van der Waals surface area contributed by atoms with Crippen molar-refractivity contribution >= 4 is 34.2 Å². The van der Waals surface area contributed by atoms with Crippen LogP contribution in [0.5, 0.6) is 5.75 Å². The van der Waals surface area contributed by atoms with Gasteiger partial charge in [0, 0.05) is 23.5 Å². The smallest absolute Gasteiger partial charge is 0.254 e. The van der Waals surface area contributed by atoms with Crippen LogP contribution in [0.15, 0.2) is 29.6 Å². The molecule has 0 fully saturated rings. The van der Waals surface area contributed by atoms with Gasteiger partial charge in [0.1, 0.15) is 12.3 Å². The minimum absolute atomic E-state index is 0.0780. The average Bonchev–Trinajstić information content (AvgIpc) is 3.23. The predicted molar refractivity (Wildman–Crippen MR) is 131 cm³/mol. The van der Waals surface area contributed by atoms with E-state index in [0.29, 0.717) is 28.7 Å². The fourth-order valence-electron chi connectivity index (χ4n) is 3.15. The van der Waals surface area contributed by atoms with Crippen LogP contribution in [-0.4, -0.2) is 53.8 Å². The van der Waals surface area contributed by atoms with Gasteiger partial charge in [0.2, 0.25) is 11.8 Å². The van der Waals surface area contributed by atoms with Crippen LogP contribution in [0.4, 0.5) is 5.13 Å². The number of nitrogens with zero attached hydrogens (tertiary/aromatic N) is 2. The molecular formula is C24H34N4O4S. The summed E-state index contributed by atoms with van der Waals surface area (Å²) in [5, 5.41) is 7.80. The number of rotatable bonds is 13. The number of carbonyl (C=O) groups excluding carboxylic acids is 3. The van der Waals surface area contributed by atoms with Gasteiger partial charge in [-0.05, 0) is 44.5 Å². The molecule has 2 N–H and O–H groups in total. The summed E-state index contributed by atoms with van der Waals surface area (Å²) in [5.74, 6) is 0.000890. The van der Waals surface area contributed by atoms with E-state index >= 15 is 0 Å². The van der Waals surface area contributed by atoms with Crippen molar-refractivity contribution in [2.75, 3.05) is 25.5 Å². The molecule has 0 saturated heterocycles. The van der Waals surface area contributed by atoms with E-state index in [4.69, 9.17) is 4.74 Å². The van der Waals surface area contributed by atoms with Crippen LogP contribution in [0.25, 0.3) is 0 Å². The summed E-state index contributed by atoms with van der Waals surface area (Å²) in [7, 11) is 1.56. The maximum absolute atomic E-state index is 12.9. The normalized spacial score (nSPS) is 10.7. The number of nitrogens with one attached hydrogen (secondary N) is 2. The zero-order valence-electron chi connectivity index (χ0n) is 19.8. The summed E-state index contributed by atoms with van der Waals surface area (Å²) in [6.07, 6.45) is 4.59. The van der Waals surface area contributed by atoms with Crippen molar-refractivity contribution in [1.29, 1.82) is 0 Å². The van der Waals surface area contributed by atoms with Crippen molar-refractivity contribution < 1.29 is 19.1 Å². The average molecular weight is 475 g/mol. The second-order valence-electron chi connectivity index (χ2n) is 8.03. The molecule has 1 aromatic heterocycles. The molecule has 180 valence electrons. The van der Waals surface area contributed by atoms with E-state index in [1.807, 2.05) is 13.8 Å². The molecule has 2 rings (SSSR count). The number of aromatic nitrogens is 1. The number of benzene rings is 1. The Bertz CT molecular complexity index is 911. The number of anilines is 1. The van der Waals surface area contributed by atoms with E-state index in [1.54, 1.807) is 36.8 Å². The Morgan fingerprint density at radius 1 is 1.09 bits per heavy atom. The number of amides is 3. The first-order valence-corrected chi connectivity index (χ1v) is 12.2. The molecule has 0 unspecified atom stereocenters. The molecule has 0 aliphatic heterocycles. The summed E-state index contributed by atoms with van der Waals surface area (Å²) in [6, 6.07) is 6.61. The maximum atomic E-state index is 12.9. The summed E-state index contributed by atoms with van der Waals surface area (Å²) in [5.41, 5.74) is 1.09. The molecule has 1 aromatic carbocycles. The Balaban J connectivity index is 1.87. The number of unbranched alkanes of at least 4 members (excludes halogenated alkanes) is 3. The molecule has 1 heterocycles. The first kappa shape index (κ1) is 26.3. The van der Waals surface area contributed by atoms with Gasteiger partial charge in [-0.2, -0.15) is 0 Å². The van der Waals surface area contributed by atoms with Crippen molar-refractivity contribution in [3.8, 4) is 5.75 Å². The number of hydrogen-bond donors (Lipinski definition) is 2. The molecule has 0 spiro atoms. The van der Waals surface area contributed by atoms with Crippen LogP contribution in [0.2, 0.25) is 0 Å². The molecule has 2 aromatic rings. The Kier molecular flexibility index (Phi) is 10.8. The third kappa shape index (κ3) is 8.84. The number of thiazole rings is 1. The highest BCUT2D eigenvalue weighted by Crippen LogP contribution is 2.17. The highest BCUT2D eigenvalue weighted by Gasteiger charge is 2.22. The Hall–Kier alpha value is -2.94. The Morgan fingerprint density at radius 2 is 1.82 bits per heavy atom. The number of carbonyl (C=O) groups is 3. The summed E-state index contributed by atoms with van der Waals surface area (Å²) in [4.78, 5) is 43.4. The van der Waals surface area contributed by atoms with Crippen molar-refractivity contribution in [1.82, 2.24) is 15.2 Å². The van der Waals surface area contributed by atoms with Gasteiger partial charge < -0.3 is 20.3 Å². The van der Waals surface area contributed by atoms with Crippen molar-refractivity contribution in [2.24, 2.45) is 0 Å². The highest BCUT2D eigenvalue weighted by molar-refractivity contribution is 7.13. The van der Waals surface area contributed by atoms with Gasteiger partial charge in [0.25, 0.3) is 5.91 Å². The molecule has 0 aliphatic rings. The maximum Gasteiger partial charge on any atom is 0.254 e. The van der Waals surface area contributed by atoms with Gasteiger partial charge in [0.15, 0.2) is 5.13 Å². The first-order chi connectivity index (χ1) is 15.8. The Labute approximate surface area is 199 Å². The second kappa shape index (κ2) is 13.6. The van der Waals surface area contributed by atoms with E-state index in [9.17, 15) is 14.4 Å². The minimum Gasteiger partial charge on any atom is -0.497 e. The molecule has 8 nitrogen and oxygen atoms in total. The second-order valence-corrected chi connectivity index (χ2v) is 8.89. The van der Waals surface area contributed by atoms with Crippen molar-refractivity contribution in [3.05, 3.63) is 40.9 Å². The number of methoxy groups -OCH3 is 1. The van der Waals surface area contributed by atoms with Gasteiger partial charge in [0.05, 0.1) is 19.2 Å². The molecule has 33 heavy (non-hydrogen) atoms. The fraction of sp³-hybridized carbons (Fsp3) is 0.500. The van der Waals surface area contributed by atoms with Gasteiger partial charge in [-0.3, -0.25) is 14.4 Å². The van der Waals surface area contributed by atoms with E-state index in [1.165, 1.54) is 22.7 Å². The van der Waals surface area contributed by atoms with E-state index in [2.05, 4.69) is 22.5 Å². The summed E-state index contributed by atoms with van der Waals surface area (Å²) < 4.78 is 5.13. The van der Waals surface area contributed by atoms with Gasteiger partial charge in [-0.15, -0.1) is 11.3 Å². The SMILES string of the molecule is CCCCCCNC(=O)Cc1csc(NC(=O)CN(C(=O)c2ccc(OC)cc2)C(C)C)n1. The van der Waals surface area contributed by atoms with Crippen LogP contribution in [0.1, 0.15) is 62.5 Å². The lowest BCUT2D eigenvalue weighted by Crippen LogP contribution is -2.42. The lowest BCUT2D eigenvalue weighted by Gasteiger charge is -2.26. The molecule has 0 bridgehead atoms. The molecule has 0 radical (unpaired) electrons. The fourth-order valence-corrected chi connectivity index (χ4v) is 3.88. The molecule has 0 atom stereocenters. The standard InChI is InChI=1S/C24H34N4O4S/c1-5-6-7-8-13-25-21(29)14-19-16-33-24(26-19)27-22(30)15-28(17(2)3)23(31)18-9-11-20(32-4)12-10-18/h9-12,16-17H,5-8,13-15H2,1-4H3,(H,25,29)(H,26,27,30). The van der Waals surface area contributed by atoms with Crippen molar-refractivity contribution in [3.63, 3.8) is 0 Å². The van der Waals surface area contributed by atoms with E-state index in [0.717, 1.165) is 19.3 Å². The lowest BCUT2D eigenvalue weighted by molar-refractivity contribution is -0.120. The Morgan fingerprint density at radius 3 is 2.45 bits per heavy atom. The largest absolute Gasteiger partial charge is 0.497 e. The lowest BCUT2D eigenvalue weighted by atomic mass is 10.1.